The van der Waals surface area contributed by atoms with Gasteiger partial charge in [-0.25, -0.2) is 4.79 Å². The number of nitrogens with zero attached hydrogens (tertiary/aromatic N) is 1. The summed E-state index contributed by atoms with van der Waals surface area (Å²) in [7, 11) is 0. The topological polar surface area (TPSA) is 108 Å². The molecule has 0 radical (unpaired) electrons. The summed E-state index contributed by atoms with van der Waals surface area (Å²) < 4.78 is 11.3. The molecule has 1 aromatic rings. The first-order valence-electron chi connectivity index (χ1n) is 11.4. The van der Waals surface area contributed by atoms with E-state index in [0.29, 0.717) is 23.8 Å². The molecule has 1 aliphatic heterocycles. The SMILES string of the molecule is Cc1cc(OCCCC2CCN(C(=O)OC(C)(C)C)CC2)ccc1C(=O)NCC(O)CO. The summed E-state index contributed by atoms with van der Waals surface area (Å²) in [5, 5.41) is 20.8. The van der Waals surface area contributed by atoms with E-state index >= 15 is 0 Å². The van der Waals surface area contributed by atoms with E-state index in [4.69, 9.17) is 14.6 Å². The fraction of sp³-hybridized carbons (Fsp3) is 0.667. The summed E-state index contributed by atoms with van der Waals surface area (Å²) in [6.45, 7) is 9.15. The van der Waals surface area contributed by atoms with Gasteiger partial charge >= 0.3 is 6.09 Å². The summed E-state index contributed by atoms with van der Waals surface area (Å²) in [5.41, 5.74) is 0.834. The van der Waals surface area contributed by atoms with Gasteiger partial charge in [0.1, 0.15) is 11.4 Å². The summed E-state index contributed by atoms with van der Waals surface area (Å²) in [5.74, 6) is 1.01. The number of carbonyl (C=O) groups is 2. The van der Waals surface area contributed by atoms with Crippen molar-refractivity contribution in [1.29, 1.82) is 0 Å². The van der Waals surface area contributed by atoms with Crippen LogP contribution in [-0.2, 0) is 4.74 Å². The lowest BCUT2D eigenvalue weighted by Crippen LogP contribution is -2.41. The molecule has 32 heavy (non-hydrogen) atoms. The van der Waals surface area contributed by atoms with Gasteiger partial charge in [-0.15, -0.1) is 0 Å². The molecule has 1 aromatic carbocycles. The van der Waals surface area contributed by atoms with Crippen LogP contribution < -0.4 is 10.1 Å². The lowest BCUT2D eigenvalue weighted by Gasteiger charge is -2.33. The van der Waals surface area contributed by atoms with Crippen molar-refractivity contribution in [2.45, 2.75) is 65.1 Å². The minimum atomic E-state index is -0.966. The molecule has 0 aromatic heterocycles. The van der Waals surface area contributed by atoms with Crippen molar-refractivity contribution in [3.8, 4) is 5.75 Å². The largest absolute Gasteiger partial charge is 0.494 e. The molecule has 1 unspecified atom stereocenters. The molecule has 0 spiro atoms. The Bertz CT molecular complexity index is 753. The number of ether oxygens (including phenoxy) is 2. The molecule has 8 heteroatoms. The van der Waals surface area contributed by atoms with Crippen LogP contribution in [0.1, 0.15) is 62.4 Å². The molecule has 2 amide bonds. The minimum absolute atomic E-state index is 0.00370. The Labute approximate surface area is 190 Å². The monoisotopic (exact) mass is 450 g/mol. The zero-order valence-electron chi connectivity index (χ0n) is 19.7. The fourth-order valence-electron chi connectivity index (χ4n) is 3.64. The first-order chi connectivity index (χ1) is 15.1. The van der Waals surface area contributed by atoms with Crippen LogP contribution in [0.15, 0.2) is 18.2 Å². The highest BCUT2D eigenvalue weighted by Crippen LogP contribution is 2.24. The first-order valence-corrected chi connectivity index (χ1v) is 11.4. The third-order valence-corrected chi connectivity index (χ3v) is 5.44. The van der Waals surface area contributed by atoms with E-state index in [1.165, 1.54) is 0 Å². The van der Waals surface area contributed by atoms with E-state index in [9.17, 15) is 14.7 Å². The molecule has 1 heterocycles. The van der Waals surface area contributed by atoms with Crippen LogP contribution in [0.4, 0.5) is 4.79 Å². The Morgan fingerprint density at radius 2 is 1.94 bits per heavy atom. The van der Waals surface area contributed by atoms with Gasteiger partial charge in [0.05, 0.1) is 19.3 Å². The van der Waals surface area contributed by atoms with Crippen molar-refractivity contribution >= 4 is 12.0 Å². The summed E-state index contributed by atoms with van der Waals surface area (Å²) in [4.78, 5) is 26.1. The molecule has 3 N–H and O–H groups in total. The highest BCUT2D eigenvalue weighted by Gasteiger charge is 2.26. The number of hydrogen-bond acceptors (Lipinski definition) is 6. The van der Waals surface area contributed by atoms with Crippen molar-refractivity contribution in [3.05, 3.63) is 29.3 Å². The zero-order valence-corrected chi connectivity index (χ0v) is 19.7. The van der Waals surface area contributed by atoms with Crippen LogP contribution in [0.5, 0.6) is 5.75 Å². The molecule has 0 aliphatic carbocycles. The predicted octanol–water partition coefficient (Wildman–Crippen LogP) is 2.88. The molecule has 0 saturated carbocycles. The molecular weight excluding hydrogens is 412 g/mol. The quantitative estimate of drug-likeness (QED) is 0.499. The maximum absolute atomic E-state index is 12.2. The number of nitrogens with one attached hydrogen (secondary N) is 1. The molecule has 1 saturated heterocycles. The first kappa shape index (κ1) is 25.9. The van der Waals surface area contributed by atoms with Gasteiger partial charge in [0, 0.05) is 25.2 Å². The van der Waals surface area contributed by atoms with Gasteiger partial charge in [0.2, 0.25) is 0 Å². The normalized spacial score (nSPS) is 15.9. The number of aryl methyl sites for hydroxylation is 1. The van der Waals surface area contributed by atoms with Gasteiger partial charge in [-0.2, -0.15) is 0 Å². The second kappa shape index (κ2) is 12.1. The van der Waals surface area contributed by atoms with E-state index in [1.54, 1.807) is 17.0 Å². The number of rotatable bonds is 9. The summed E-state index contributed by atoms with van der Waals surface area (Å²) in [6.07, 6.45) is 2.75. The van der Waals surface area contributed by atoms with Crippen LogP contribution in [0.2, 0.25) is 0 Å². The van der Waals surface area contributed by atoms with Crippen LogP contribution in [0.25, 0.3) is 0 Å². The number of likely N-dealkylation sites (tertiary alicyclic amines) is 1. The van der Waals surface area contributed by atoms with Crippen LogP contribution in [0, 0.1) is 12.8 Å². The number of carbonyl (C=O) groups excluding carboxylic acids is 2. The van der Waals surface area contributed by atoms with E-state index in [1.807, 2.05) is 33.8 Å². The number of piperidine rings is 1. The number of hydrogen-bond donors (Lipinski definition) is 3. The maximum Gasteiger partial charge on any atom is 0.410 e. The Kier molecular flexibility index (Phi) is 9.78. The minimum Gasteiger partial charge on any atom is -0.494 e. The molecular formula is C24H38N2O6. The number of aliphatic hydroxyl groups is 2. The molecule has 1 atom stereocenters. The Hall–Kier alpha value is -2.32. The highest BCUT2D eigenvalue weighted by atomic mass is 16.6. The lowest BCUT2D eigenvalue weighted by molar-refractivity contribution is 0.0179. The van der Waals surface area contributed by atoms with E-state index in [2.05, 4.69) is 5.32 Å². The van der Waals surface area contributed by atoms with Crippen molar-refractivity contribution < 1.29 is 29.3 Å². The molecule has 180 valence electrons. The summed E-state index contributed by atoms with van der Waals surface area (Å²) >= 11 is 0. The van der Waals surface area contributed by atoms with Gasteiger partial charge in [0.25, 0.3) is 5.91 Å². The molecule has 1 aliphatic rings. The molecule has 1 fully saturated rings. The number of amides is 2. The molecule has 0 bridgehead atoms. The molecule has 2 rings (SSSR count). The number of benzene rings is 1. The van der Waals surface area contributed by atoms with E-state index < -0.39 is 18.3 Å². The Morgan fingerprint density at radius 1 is 1.25 bits per heavy atom. The Morgan fingerprint density at radius 3 is 2.53 bits per heavy atom. The maximum atomic E-state index is 12.2. The van der Waals surface area contributed by atoms with Gasteiger partial charge in [-0.1, -0.05) is 0 Å². The predicted molar refractivity (Wildman–Crippen MR) is 122 cm³/mol. The van der Waals surface area contributed by atoms with E-state index in [0.717, 1.165) is 44.3 Å². The van der Waals surface area contributed by atoms with E-state index in [-0.39, 0.29) is 18.5 Å². The third kappa shape index (κ3) is 8.67. The molecule has 8 nitrogen and oxygen atoms in total. The highest BCUT2D eigenvalue weighted by molar-refractivity contribution is 5.95. The number of aliphatic hydroxyl groups excluding tert-OH is 2. The van der Waals surface area contributed by atoms with Gasteiger partial charge in [-0.3, -0.25) is 4.79 Å². The Balaban J connectivity index is 1.68. The standard InChI is InChI=1S/C24H38N2O6/c1-17-14-20(7-8-21(17)22(29)25-15-19(28)16-27)31-13-5-6-18-9-11-26(12-10-18)23(30)32-24(2,3)4/h7-8,14,18-19,27-28H,5-6,9-13,15-16H2,1-4H3,(H,25,29). The second-order valence-corrected chi connectivity index (χ2v) is 9.42. The van der Waals surface area contributed by atoms with Crippen molar-refractivity contribution in [2.75, 3.05) is 32.8 Å². The average Bonchev–Trinajstić information content (AvgIpc) is 2.74. The second-order valence-electron chi connectivity index (χ2n) is 9.42. The van der Waals surface area contributed by atoms with Gasteiger partial charge in [-0.05, 0) is 83.1 Å². The zero-order chi connectivity index (χ0) is 23.7. The van der Waals surface area contributed by atoms with Gasteiger partial charge < -0.3 is 29.9 Å². The van der Waals surface area contributed by atoms with Crippen LogP contribution in [-0.4, -0.2) is 71.7 Å². The van der Waals surface area contributed by atoms with Crippen molar-refractivity contribution in [2.24, 2.45) is 5.92 Å². The van der Waals surface area contributed by atoms with Gasteiger partial charge in [0.15, 0.2) is 0 Å². The van der Waals surface area contributed by atoms with Crippen LogP contribution in [0.3, 0.4) is 0 Å². The van der Waals surface area contributed by atoms with Crippen molar-refractivity contribution in [1.82, 2.24) is 10.2 Å². The van der Waals surface area contributed by atoms with Crippen LogP contribution >= 0.6 is 0 Å². The van der Waals surface area contributed by atoms with Crippen molar-refractivity contribution in [3.63, 3.8) is 0 Å². The fourth-order valence-corrected chi connectivity index (χ4v) is 3.64. The smallest absolute Gasteiger partial charge is 0.410 e. The summed E-state index contributed by atoms with van der Waals surface area (Å²) in [6, 6.07) is 5.30. The average molecular weight is 451 g/mol. The third-order valence-electron chi connectivity index (χ3n) is 5.44. The lowest BCUT2D eigenvalue weighted by atomic mass is 9.92.